The van der Waals surface area contributed by atoms with Crippen LogP contribution in [0.2, 0.25) is 0 Å². The van der Waals surface area contributed by atoms with Crippen molar-refractivity contribution in [2.24, 2.45) is 0 Å². The Kier molecular flexibility index (Phi) is 2.16. The Bertz CT molecular complexity index is 21.0. The van der Waals surface area contributed by atoms with Gasteiger partial charge < -0.3 is 0 Å². The van der Waals surface area contributed by atoms with E-state index in [2.05, 4.69) is 6.58 Å². The first-order chi connectivity index (χ1) is 1.91. The minimum Gasteiger partial charge on any atom is -0.0991 e. The van der Waals surface area contributed by atoms with Crippen LogP contribution in [0.5, 0.6) is 0 Å². The van der Waals surface area contributed by atoms with E-state index in [4.69, 9.17) is 6.58 Å². The van der Waals surface area contributed by atoms with E-state index >= 15 is 0 Å². The fourth-order valence-corrected chi connectivity index (χ4v) is 0. The summed E-state index contributed by atoms with van der Waals surface area (Å²) in [5, 5.41) is 0. The second kappa shape index (κ2) is 2.48. The third kappa shape index (κ3) is 1.48. The average Bonchev–Trinajstić information content (AvgIpc) is 1.37. The summed E-state index contributed by atoms with van der Waals surface area (Å²) in [6.07, 6.45) is 2.92. The molecule has 0 N–H and O–H groups in total. The zero-order valence-electron chi connectivity index (χ0n) is 2.44. The summed E-state index contributed by atoms with van der Waals surface area (Å²) in [7, 11) is 0. The van der Waals surface area contributed by atoms with Crippen LogP contribution in [0.4, 0.5) is 0 Å². The Morgan fingerprint density at radius 2 is 2.00 bits per heavy atom. The molecule has 0 nitrogen and oxygen atoms in total. The molecule has 0 aromatic rings. The third-order valence-corrected chi connectivity index (χ3v) is 0.136. The van der Waals surface area contributed by atoms with E-state index < -0.39 is 0 Å². The Morgan fingerprint density at radius 1 is 1.75 bits per heavy atom. The lowest BCUT2D eigenvalue weighted by Gasteiger charge is -1.43. The molecule has 1 radical (unpaired) electrons. The molecule has 0 heteroatoms. The molecule has 4 heavy (non-hydrogen) atoms. The molecule has 0 spiro atoms. The minimum atomic E-state index is 1.39. The maximum atomic E-state index is 4.78. The fraction of sp³-hybridized carbons (Fsp3) is 0. The van der Waals surface area contributed by atoms with E-state index in [1.165, 1.54) is 12.2 Å². The zero-order valence-corrected chi connectivity index (χ0v) is 2.44. The van der Waals surface area contributed by atoms with E-state index in [1.807, 2.05) is 0 Å². The standard InChI is InChI=1S/C4H5/c1-3-4-2/h1,3-4H,2H2. The van der Waals surface area contributed by atoms with Gasteiger partial charge in [0.15, 0.2) is 0 Å². The molecule has 0 rings (SSSR count). The normalized spacial score (nSPS) is 5.00. The topological polar surface area (TPSA) is 0 Å². The molecule has 0 unspecified atom stereocenters. The van der Waals surface area contributed by atoms with Gasteiger partial charge in [-0.15, -0.1) is 0 Å². The molecule has 0 heterocycles. The van der Waals surface area contributed by atoms with Crippen LogP contribution in [0, 0.1) is 6.58 Å². The van der Waals surface area contributed by atoms with Crippen molar-refractivity contribution in [1.82, 2.24) is 0 Å². The molecule has 0 aliphatic heterocycles. The van der Waals surface area contributed by atoms with Gasteiger partial charge in [-0.1, -0.05) is 25.3 Å². The highest BCUT2D eigenvalue weighted by molar-refractivity contribution is 4.86. The van der Waals surface area contributed by atoms with Crippen molar-refractivity contribution in [3.05, 3.63) is 25.3 Å². The third-order valence-electron chi connectivity index (χ3n) is 0.136. The van der Waals surface area contributed by atoms with Gasteiger partial charge in [0.1, 0.15) is 0 Å². The second-order valence-electron chi connectivity index (χ2n) is 0.428. The first kappa shape index (κ1) is 3.48. The first-order valence-electron chi connectivity index (χ1n) is 1.07. The number of hydrogen-bond acceptors (Lipinski definition) is 0. The highest BCUT2D eigenvalue weighted by atomic mass is 13.4. The van der Waals surface area contributed by atoms with Gasteiger partial charge in [-0.2, -0.15) is 0 Å². The van der Waals surface area contributed by atoms with Crippen molar-refractivity contribution in [2.45, 2.75) is 0 Å². The molecular weight excluding hydrogens is 48.0 g/mol. The van der Waals surface area contributed by atoms with Crippen LogP contribution in [0.1, 0.15) is 0 Å². The molecule has 0 bridgehead atoms. The van der Waals surface area contributed by atoms with Gasteiger partial charge in [0.25, 0.3) is 0 Å². The van der Waals surface area contributed by atoms with Crippen LogP contribution >= 0.6 is 0 Å². The van der Waals surface area contributed by atoms with Gasteiger partial charge in [-0.3, -0.25) is 0 Å². The first-order valence-corrected chi connectivity index (χ1v) is 1.07. The number of rotatable bonds is 1. The number of allylic oxidation sites excluding steroid dienone is 2. The SMILES string of the molecule is [CH]=CC=C. The second-order valence-corrected chi connectivity index (χ2v) is 0.428. The lowest BCUT2D eigenvalue weighted by Crippen LogP contribution is -1.22. The van der Waals surface area contributed by atoms with Crippen LogP contribution in [-0.2, 0) is 0 Å². The molecule has 0 aromatic carbocycles. The van der Waals surface area contributed by atoms with Crippen molar-refractivity contribution < 1.29 is 0 Å². The molecule has 21 valence electrons. The van der Waals surface area contributed by atoms with Gasteiger partial charge in [0, 0.05) is 0 Å². The summed E-state index contributed by atoms with van der Waals surface area (Å²) in [6.45, 7) is 8.08. The van der Waals surface area contributed by atoms with Crippen molar-refractivity contribution >= 4 is 0 Å². The van der Waals surface area contributed by atoms with Crippen LogP contribution in [0.15, 0.2) is 18.7 Å². The monoisotopic (exact) mass is 53.0 g/mol. The van der Waals surface area contributed by atoms with E-state index in [-0.39, 0.29) is 0 Å². The van der Waals surface area contributed by atoms with Crippen molar-refractivity contribution in [3.63, 3.8) is 0 Å². The van der Waals surface area contributed by atoms with E-state index in [0.717, 1.165) is 0 Å². The summed E-state index contributed by atoms with van der Waals surface area (Å²) >= 11 is 0. The van der Waals surface area contributed by atoms with E-state index in [0.29, 0.717) is 0 Å². The summed E-state index contributed by atoms with van der Waals surface area (Å²) in [4.78, 5) is 0. The summed E-state index contributed by atoms with van der Waals surface area (Å²) in [5.74, 6) is 0. The molecule has 0 saturated carbocycles. The molecule has 0 fully saturated rings. The van der Waals surface area contributed by atoms with Gasteiger partial charge in [0.05, 0.1) is 0 Å². The lowest BCUT2D eigenvalue weighted by molar-refractivity contribution is 2.11. The van der Waals surface area contributed by atoms with E-state index in [1.54, 1.807) is 0 Å². The molecule has 0 atom stereocenters. The predicted octanol–water partition coefficient (Wildman–Crippen LogP) is 1.16. The summed E-state index contributed by atoms with van der Waals surface area (Å²) < 4.78 is 0. The highest BCUT2D eigenvalue weighted by Gasteiger charge is 1.30. The molecule has 0 aliphatic rings. The lowest BCUT2D eigenvalue weighted by atomic mass is 10.6. The Hall–Kier alpha value is -0.520. The van der Waals surface area contributed by atoms with Crippen LogP contribution in [0.25, 0.3) is 0 Å². The maximum Gasteiger partial charge on any atom is -0.0623 e. The van der Waals surface area contributed by atoms with Gasteiger partial charge in [0.2, 0.25) is 0 Å². The van der Waals surface area contributed by atoms with Crippen molar-refractivity contribution in [1.29, 1.82) is 0 Å². The largest absolute Gasteiger partial charge is 0.0991 e. The van der Waals surface area contributed by atoms with Crippen LogP contribution < -0.4 is 0 Å². The predicted molar refractivity (Wildman–Crippen MR) is 19.1 cm³/mol. The van der Waals surface area contributed by atoms with Crippen LogP contribution in [-0.4, -0.2) is 0 Å². The van der Waals surface area contributed by atoms with Crippen LogP contribution in [0.3, 0.4) is 0 Å². The molecule has 0 amide bonds. The number of hydrogen-bond donors (Lipinski definition) is 0. The molecular formula is C4H5. The average molecular weight is 53.1 g/mol. The fourth-order valence-electron chi connectivity index (χ4n) is 0. The van der Waals surface area contributed by atoms with Gasteiger partial charge in [-0.25, -0.2) is 0 Å². The van der Waals surface area contributed by atoms with Crippen molar-refractivity contribution in [2.75, 3.05) is 0 Å². The Morgan fingerprint density at radius 3 is 2.00 bits per heavy atom. The molecule has 0 aliphatic carbocycles. The summed E-state index contributed by atoms with van der Waals surface area (Å²) in [6, 6.07) is 0. The molecule has 0 aromatic heterocycles. The zero-order chi connectivity index (χ0) is 3.41. The quantitative estimate of drug-likeness (QED) is 0.393. The minimum absolute atomic E-state index is 1.39. The maximum absolute atomic E-state index is 4.78. The molecule has 0 saturated heterocycles. The summed E-state index contributed by atoms with van der Waals surface area (Å²) in [5.41, 5.74) is 0. The Labute approximate surface area is 26.5 Å². The van der Waals surface area contributed by atoms with Gasteiger partial charge >= 0.3 is 0 Å². The van der Waals surface area contributed by atoms with Gasteiger partial charge in [-0.05, 0) is 0 Å². The smallest absolute Gasteiger partial charge is 0.0623 e. The Balaban J connectivity index is 2.73. The van der Waals surface area contributed by atoms with E-state index in [9.17, 15) is 0 Å². The van der Waals surface area contributed by atoms with Crippen molar-refractivity contribution in [3.8, 4) is 0 Å². The highest BCUT2D eigenvalue weighted by Crippen LogP contribution is 1.51.